The van der Waals surface area contributed by atoms with Gasteiger partial charge in [0.15, 0.2) is 0 Å². The Balaban J connectivity index is 2.21. The monoisotopic (exact) mass is 193 g/mol. The highest BCUT2D eigenvalue weighted by molar-refractivity contribution is 5.23. The van der Waals surface area contributed by atoms with Crippen LogP contribution in [0.1, 0.15) is 30.7 Å². The van der Waals surface area contributed by atoms with Crippen molar-refractivity contribution in [3.8, 4) is 0 Å². The topological polar surface area (TPSA) is 26.0 Å². The van der Waals surface area contributed by atoms with E-state index < -0.39 is 0 Å². The van der Waals surface area contributed by atoms with E-state index in [9.17, 15) is 4.39 Å². The molecule has 1 aromatic rings. The molecule has 1 saturated carbocycles. The lowest BCUT2D eigenvalue weighted by atomic mass is 9.91. The molecule has 1 aromatic carbocycles. The summed E-state index contributed by atoms with van der Waals surface area (Å²) in [5.41, 5.74) is 6.42. The highest BCUT2D eigenvalue weighted by Gasteiger charge is 2.32. The van der Waals surface area contributed by atoms with E-state index in [2.05, 4.69) is 0 Å². The van der Waals surface area contributed by atoms with E-state index in [0.29, 0.717) is 18.4 Å². The first-order valence-electron chi connectivity index (χ1n) is 5.27. The summed E-state index contributed by atoms with van der Waals surface area (Å²) >= 11 is 0. The molecule has 14 heavy (non-hydrogen) atoms. The number of hydrogen-bond acceptors (Lipinski definition) is 1. The van der Waals surface area contributed by atoms with Gasteiger partial charge in [0.1, 0.15) is 5.82 Å². The van der Waals surface area contributed by atoms with Crippen molar-refractivity contribution in [2.45, 2.75) is 25.2 Å². The van der Waals surface area contributed by atoms with Gasteiger partial charge in [0.25, 0.3) is 0 Å². The Morgan fingerprint density at radius 1 is 1.36 bits per heavy atom. The molecule has 2 rings (SSSR count). The van der Waals surface area contributed by atoms with Gasteiger partial charge in [0, 0.05) is 0 Å². The van der Waals surface area contributed by atoms with Crippen LogP contribution in [0.15, 0.2) is 24.3 Å². The van der Waals surface area contributed by atoms with Crippen molar-refractivity contribution in [2.24, 2.45) is 11.7 Å². The molecule has 0 amide bonds. The Labute approximate surface area is 84.1 Å². The molecular formula is C12H16FN. The first-order valence-corrected chi connectivity index (χ1v) is 5.27. The van der Waals surface area contributed by atoms with Gasteiger partial charge >= 0.3 is 0 Å². The molecule has 1 unspecified atom stereocenters. The third-order valence-corrected chi connectivity index (χ3v) is 2.97. The van der Waals surface area contributed by atoms with Gasteiger partial charge in [-0.3, -0.25) is 0 Å². The molecule has 1 aliphatic rings. The predicted molar refractivity (Wildman–Crippen MR) is 55.5 cm³/mol. The van der Waals surface area contributed by atoms with Crippen molar-refractivity contribution in [3.05, 3.63) is 35.6 Å². The zero-order chi connectivity index (χ0) is 9.97. The Hall–Kier alpha value is -0.890. The number of rotatable bonds is 4. The van der Waals surface area contributed by atoms with Crippen LogP contribution >= 0.6 is 0 Å². The molecule has 1 atom stereocenters. The van der Waals surface area contributed by atoms with Gasteiger partial charge < -0.3 is 5.73 Å². The molecule has 0 aromatic heterocycles. The number of nitrogens with two attached hydrogens (primary N) is 1. The highest BCUT2D eigenvalue weighted by atomic mass is 19.1. The van der Waals surface area contributed by atoms with Crippen LogP contribution in [0.25, 0.3) is 0 Å². The van der Waals surface area contributed by atoms with Crippen LogP contribution in [0, 0.1) is 11.7 Å². The fourth-order valence-electron chi connectivity index (χ4n) is 2.10. The zero-order valence-corrected chi connectivity index (χ0v) is 8.25. The van der Waals surface area contributed by atoms with E-state index in [1.807, 2.05) is 12.1 Å². The summed E-state index contributed by atoms with van der Waals surface area (Å²) in [5, 5.41) is 0. The third kappa shape index (κ3) is 1.95. The molecule has 1 nitrogen and oxygen atoms in total. The van der Waals surface area contributed by atoms with Gasteiger partial charge in [-0.05, 0) is 49.3 Å². The number of hydrogen-bond donors (Lipinski definition) is 1. The minimum Gasteiger partial charge on any atom is -0.330 e. The van der Waals surface area contributed by atoms with Crippen LogP contribution in [0.3, 0.4) is 0 Å². The standard InChI is InChI=1S/C12H16FN/c13-12-4-2-1-3-11(12)10(7-8-14)9-5-6-9/h1-4,9-10H,5-8,14H2. The fraction of sp³-hybridized carbons (Fsp3) is 0.500. The van der Waals surface area contributed by atoms with Crippen molar-refractivity contribution in [1.82, 2.24) is 0 Å². The van der Waals surface area contributed by atoms with E-state index in [1.165, 1.54) is 12.8 Å². The van der Waals surface area contributed by atoms with Crippen molar-refractivity contribution < 1.29 is 4.39 Å². The molecule has 0 radical (unpaired) electrons. The minimum absolute atomic E-state index is 0.0714. The van der Waals surface area contributed by atoms with Crippen LogP contribution in [0.2, 0.25) is 0 Å². The molecular weight excluding hydrogens is 177 g/mol. The molecule has 1 fully saturated rings. The number of benzene rings is 1. The van der Waals surface area contributed by atoms with E-state index in [4.69, 9.17) is 5.73 Å². The van der Waals surface area contributed by atoms with Gasteiger partial charge in [-0.15, -0.1) is 0 Å². The molecule has 2 N–H and O–H groups in total. The lowest BCUT2D eigenvalue weighted by Crippen LogP contribution is -2.10. The van der Waals surface area contributed by atoms with Gasteiger partial charge in [-0.2, -0.15) is 0 Å². The van der Waals surface area contributed by atoms with Crippen molar-refractivity contribution in [2.75, 3.05) is 6.54 Å². The Bertz CT molecular complexity index is 307. The second kappa shape index (κ2) is 4.09. The van der Waals surface area contributed by atoms with E-state index in [-0.39, 0.29) is 5.82 Å². The molecule has 0 saturated heterocycles. The average molecular weight is 193 g/mol. The van der Waals surface area contributed by atoms with E-state index in [1.54, 1.807) is 12.1 Å². The van der Waals surface area contributed by atoms with Crippen LogP contribution in [0.5, 0.6) is 0 Å². The molecule has 76 valence electrons. The first kappa shape index (κ1) is 9.66. The summed E-state index contributed by atoms with van der Waals surface area (Å²) in [6, 6.07) is 7.09. The second-order valence-corrected chi connectivity index (χ2v) is 4.04. The van der Waals surface area contributed by atoms with Crippen molar-refractivity contribution in [3.63, 3.8) is 0 Å². The largest absolute Gasteiger partial charge is 0.330 e. The van der Waals surface area contributed by atoms with Crippen LogP contribution < -0.4 is 5.73 Å². The zero-order valence-electron chi connectivity index (χ0n) is 8.25. The van der Waals surface area contributed by atoms with Crippen LogP contribution in [0.4, 0.5) is 4.39 Å². The van der Waals surface area contributed by atoms with Gasteiger partial charge in [-0.1, -0.05) is 18.2 Å². The average Bonchev–Trinajstić information content (AvgIpc) is 2.99. The maximum atomic E-state index is 13.5. The Morgan fingerprint density at radius 3 is 2.64 bits per heavy atom. The quantitative estimate of drug-likeness (QED) is 0.781. The summed E-state index contributed by atoms with van der Waals surface area (Å²) in [6.07, 6.45) is 3.38. The lowest BCUT2D eigenvalue weighted by Gasteiger charge is -2.16. The van der Waals surface area contributed by atoms with Gasteiger partial charge in [-0.25, -0.2) is 4.39 Å². The molecule has 1 aliphatic carbocycles. The summed E-state index contributed by atoms with van der Waals surface area (Å²) < 4.78 is 13.5. The normalized spacial score (nSPS) is 18.1. The summed E-state index contributed by atoms with van der Waals surface area (Å²) in [7, 11) is 0. The van der Waals surface area contributed by atoms with Gasteiger partial charge in [0.05, 0.1) is 0 Å². The fourth-order valence-corrected chi connectivity index (χ4v) is 2.10. The molecule has 2 heteroatoms. The highest BCUT2D eigenvalue weighted by Crippen LogP contribution is 2.44. The maximum absolute atomic E-state index is 13.5. The second-order valence-electron chi connectivity index (χ2n) is 4.04. The smallest absolute Gasteiger partial charge is 0.126 e. The molecule has 0 bridgehead atoms. The molecule has 0 heterocycles. The Kier molecular flexibility index (Phi) is 2.82. The third-order valence-electron chi connectivity index (χ3n) is 2.97. The van der Waals surface area contributed by atoms with Crippen molar-refractivity contribution in [1.29, 1.82) is 0 Å². The maximum Gasteiger partial charge on any atom is 0.126 e. The lowest BCUT2D eigenvalue weighted by molar-refractivity contribution is 0.520. The molecule has 0 aliphatic heterocycles. The van der Waals surface area contributed by atoms with E-state index in [0.717, 1.165) is 12.0 Å². The number of halogens is 1. The molecule has 0 spiro atoms. The SMILES string of the molecule is NCCC(c1ccccc1F)C1CC1. The van der Waals surface area contributed by atoms with Gasteiger partial charge in [0.2, 0.25) is 0 Å². The summed E-state index contributed by atoms with van der Waals surface area (Å²) in [4.78, 5) is 0. The predicted octanol–water partition coefficient (Wildman–Crippen LogP) is 2.67. The first-order chi connectivity index (χ1) is 6.83. The summed E-state index contributed by atoms with van der Waals surface area (Å²) in [5.74, 6) is 0.953. The van der Waals surface area contributed by atoms with E-state index >= 15 is 0 Å². The Morgan fingerprint density at radius 2 is 2.07 bits per heavy atom. The summed E-state index contributed by atoms with van der Waals surface area (Å²) in [6.45, 7) is 0.648. The minimum atomic E-state index is -0.0714. The van der Waals surface area contributed by atoms with Crippen molar-refractivity contribution >= 4 is 0 Å². The van der Waals surface area contributed by atoms with Crippen LogP contribution in [-0.2, 0) is 0 Å². The van der Waals surface area contributed by atoms with Crippen LogP contribution in [-0.4, -0.2) is 6.54 Å².